The molecular formula is C18H23N3S. The summed E-state index contributed by atoms with van der Waals surface area (Å²) >= 11 is 1.92. The number of hydrogen-bond donors (Lipinski definition) is 0. The number of nitrogens with zero attached hydrogens (tertiary/aromatic N) is 3. The molecule has 2 aromatic rings. The Morgan fingerprint density at radius 3 is 2.73 bits per heavy atom. The molecule has 0 spiro atoms. The van der Waals surface area contributed by atoms with E-state index in [1.165, 1.54) is 42.1 Å². The maximum atomic E-state index is 4.47. The second kappa shape index (κ2) is 6.49. The quantitative estimate of drug-likeness (QED) is 0.844. The molecule has 0 unspecified atom stereocenters. The van der Waals surface area contributed by atoms with Gasteiger partial charge in [-0.15, -0.1) is 11.3 Å². The molecule has 0 amide bonds. The Kier molecular flexibility index (Phi) is 4.24. The third kappa shape index (κ3) is 3.24. The first-order chi connectivity index (χ1) is 10.9. The van der Waals surface area contributed by atoms with E-state index >= 15 is 0 Å². The Morgan fingerprint density at radius 1 is 1.09 bits per heavy atom. The van der Waals surface area contributed by atoms with Crippen molar-refractivity contribution in [1.29, 1.82) is 0 Å². The number of rotatable bonds is 5. The standard InChI is InChI=1S/C18H23N3S/c1-2-6-19-18(5-1)16-11-21(12-16)13-17-9-15(14-22-17)10-20-7-3-4-8-20/h1-2,5-6,9,14,16H,3-4,7-8,10-13H2. The van der Waals surface area contributed by atoms with Crippen molar-refractivity contribution in [2.45, 2.75) is 31.8 Å². The monoisotopic (exact) mass is 313 g/mol. The molecule has 4 heterocycles. The summed E-state index contributed by atoms with van der Waals surface area (Å²) < 4.78 is 0. The van der Waals surface area contributed by atoms with Crippen molar-refractivity contribution in [3.63, 3.8) is 0 Å². The maximum Gasteiger partial charge on any atom is 0.0460 e. The molecule has 0 radical (unpaired) electrons. The first-order valence-electron chi connectivity index (χ1n) is 8.29. The highest BCUT2D eigenvalue weighted by Crippen LogP contribution is 2.28. The molecule has 3 nitrogen and oxygen atoms in total. The van der Waals surface area contributed by atoms with Gasteiger partial charge in [0.25, 0.3) is 0 Å². The molecule has 0 aliphatic carbocycles. The van der Waals surface area contributed by atoms with Crippen molar-refractivity contribution in [3.05, 3.63) is 52.0 Å². The Morgan fingerprint density at radius 2 is 1.95 bits per heavy atom. The minimum atomic E-state index is 0.630. The van der Waals surface area contributed by atoms with Crippen LogP contribution in [0.5, 0.6) is 0 Å². The van der Waals surface area contributed by atoms with E-state index < -0.39 is 0 Å². The lowest BCUT2D eigenvalue weighted by Crippen LogP contribution is -2.44. The summed E-state index contributed by atoms with van der Waals surface area (Å²) in [5.41, 5.74) is 2.75. The second-order valence-corrected chi connectivity index (χ2v) is 7.55. The maximum absolute atomic E-state index is 4.47. The Bertz CT molecular complexity index is 598. The molecule has 2 saturated heterocycles. The van der Waals surface area contributed by atoms with Gasteiger partial charge < -0.3 is 0 Å². The second-order valence-electron chi connectivity index (χ2n) is 6.55. The van der Waals surface area contributed by atoms with E-state index in [4.69, 9.17) is 0 Å². The lowest BCUT2D eigenvalue weighted by molar-refractivity contribution is 0.138. The molecule has 0 aromatic carbocycles. The van der Waals surface area contributed by atoms with Crippen LogP contribution in [0.15, 0.2) is 35.8 Å². The van der Waals surface area contributed by atoms with Gasteiger partial charge in [0.15, 0.2) is 0 Å². The van der Waals surface area contributed by atoms with E-state index in [0.29, 0.717) is 5.92 Å². The van der Waals surface area contributed by atoms with E-state index in [1.54, 1.807) is 0 Å². The highest BCUT2D eigenvalue weighted by atomic mass is 32.1. The average molecular weight is 313 g/mol. The third-order valence-corrected chi connectivity index (χ3v) is 5.73. The van der Waals surface area contributed by atoms with Gasteiger partial charge in [-0.25, -0.2) is 0 Å². The average Bonchev–Trinajstić information content (AvgIpc) is 3.16. The van der Waals surface area contributed by atoms with Crippen LogP contribution >= 0.6 is 11.3 Å². The number of hydrogen-bond acceptors (Lipinski definition) is 4. The minimum Gasteiger partial charge on any atom is -0.299 e. The Balaban J connectivity index is 1.27. The molecule has 2 aliphatic heterocycles. The van der Waals surface area contributed by atoms with Gasteiger partial charge in [-0.1, -0.05) is 6.07 Å². The van der Waals surface area contributed by atoms with Crippen LogP contribution in [0, 0.1) is 0 Å². The van der Waals surface area contributed by atoms with Gasteiger partial charge in [-0.05, 0) is 55.1 Å². The lowest BCUT2D eigenvalue weighted by Gasteiger charge is -2.38. The van der Waals surface area contributed by atoms with Crippen LogP contribution in [0.2, 0.25) is 0 Å². The summed E-state index contributed by atoms with van der Waals surface area (Å²) in [6, 6.07) is 8.65. The molecule has 0 N–H and O–H groups in total. The van der Waals surface area contributed by atoms with Crippen LogP contribution in [0.4, 0.5) is 0 Å². The zero-order valence-corrected chi connectivity index (χ0v) is 13.8. The smallest absolute Gasteiger partial charge is 0.0460 e. The predicted octanol–water partition coefficient (Wildman–Crippen LogP) is 3.34. The molecule has 116 valence electrons. The van der Waals surface area contributed by atoms with Gasteiger partial charge in [-0.2, -0.15) is 0 Å². The number of likely N-dealkylation sites (tertiary alicyclic amines) is 2. The van der Waals surface area contributed by atoms with Crippen LogP contribution < -0.4 is 0 Å². The largest absolute Gasteiger partial charge is 0.299 e. The van der Waals surface area contributed by atoms with Crippen LogP contribution in [0.3, 0.4) is 0 Å². The number of thiophene rings is 1. The fourth-order valence-corrected chi connectivity index (χ4v) is 4.44. The van der Waals surface area contributed by atoms with Crippen LogP contribution in [-0.2, 0) is 13.1 Å². The highest BCUT2D eigenvalue weighted by Gasteiger charge is 2.29. The van der Waals surface area contributed by atoms with Gasteiger partial charge >= 0.3 is 0 Å². The van der Waals surface area contributed by atoms with Gasteiger partial charge in [0, 0.05) is 48.9 Å². The Hall–Kier alpha value is -1.23. The zero-order chi connectivity index (χ0) is 14.8. The van der Waals surface area contributed by atoms with E-state index in [0.717, 1.165) is 26.2 Å². The molecule has 4 rings (SSSR count). The zero-order valence-electron chi connectivity index (χ0n) is 12.9. The molecule has 0 bridgehead atoms. The molecular weight excluding hydrogens is 290 g/mol. The summed E-state index contributed by atoms with van der Waals surface area (Å²) in [5.74, 6) is 0.630. The fraction of sp³-hybridized carbons (Fsp3) is 0.500. The van der Waals surface area contributed by atoms with Crippen molar-refractivity contribution in [1.82, 2.24) is 14.8 Å². The summed E-state index contributed by atoms with van der Waals surface area (Å²) in [4.78, 5) is 11.1. The molecule has 2 aliphatic rings. The predicted molar refractivity (Wildman–Crippen MR) is 91.1 cm³/mol. The molecule has 0 saturated carbocycles. The van der Waals surface area contributed by atoms with E-state index in [9.17, 15) is 0 Å². The van der Waals surface area contributed by atoms with Crippen molar-refractivity contribution >= 4 is 11.3 Å². The lowest BCUT2D eigenvalue weighted by atomic mass is 9.96. The van der Waals surface area contributed by atoms with Crippen LogP contribution in [0.1, 0.15) is 34.9 Å². The van der Waals surface area contributed by atoms with Crippen molar-refractivity contribution in [2.75, 3.05) is 26.2 Å². The highest BCUT2D eigenvalue weighted by molar-refractivity contribution is 7.10. The molecule has 2 aromatic heterocycles. The summed E-state index contributed by atoms with van der Waals surface area (Å²) in [6.45, 7) is 7.11. The van der Waals surface area contributed by atoms with Gasteiger partial charge in [0.05, 0.1) is 0 Å². The molecule has 4 heteroatoms. The third-order valence-electron chi connectivity index (χ3n) is 4.76. The van der Waals surface area contributed by atoms with E-state index in [2.05, 4.69) is 38.4 Å². The number of pyridine rings is 1. The molecule has 2 fully saturated rings. The van der Waals surface area contributed by atoms with Crippen LogP contribution in [0.25, 0.3) is 0 Å². The van der Waals surface area contributed by atoms with E-state index in [-0.39, 0.29) is 0 Å². The normalized spacial score (nSPS) is 20.4. The first kappa shape index (κ1) is 14.4. The number of aromatic nitrogens is 1. The molecule has 22 heavy (non-hydrogen) atoms. The van der Waals surface area contributed by atoms with Gasteiger partial charge in [0.1, 0.15) is 0 Å². The first-order valence-corrected chi connectivity index (χ1v) is 9.17. The minimum absolute atomic E-state index is 0.630. The van der Waals surface area contributed by atoms with Gasteiger partial charge in [-0.3, -0.25) is 14.8 Å². The summed E-state index contributed by atoms with van der Waals surface area (Å²) in [5, 5.41) is 2.35. The SMILES string of the molecule is c1ccc(C2CN(Cc3cc(CN4CCCC4)cs3)C2)nc1. The summed E-state index contributed by atoms with van der Waals surface area (Å²) in [6.07, 6.45) is 4.65. The van der Waals surface area contributed by atoms with Gasteiger partial charge in [0.2, 0.25) is 0 Å². The Labute approximate surface area is 136 Å². The van der Waals surface area contributed by atoms with Crippen molar-refractivity contribution < 1.29 is 0 Å². The topological polar surface area (TPSA) is 19.4 Å². The van der Waals surface area contributed by atoms with E-state index in [1.807, 2.05) is 23.6 Å². The molecule has 0 atom stereocenters. The fourth-order valence-electron chi connectivity index (χ4n) is 3.51. The van der Waals surface area contributed by atoms with Crippen molar-refractivity contribution in [3.8, 4) is 0 Å². The summed E-state index contributed by atoms with van der Waals surface area (Å²) in [7, 11) is 0. The van der Waals surface area contributed by atoms with Crippen LogP contribution in [-0.4, -0.2) is 41.0 Å². The van der Waals surface area contributed by atoms with Crippen molar-refractivity contribution in [2.24, 2.45) is 0 Å².